The average molecular weight is 277 g/mol. The largest absolute Gasteiger partial charge is 0.361 e. The second-order valence-electron chi connectivity index (χ2n) is 5.32. The Labute approximate surface area is 122 Å². The van der Waals surface area contributed by atoms with Crippen molar-refractivity contribution in [3.8, 4) is 0 Å². The number of amides is 1. The van der Waals surface area contributed by atoms with Crippen molar-refractivity contribution in [3.63, 3.8) is 0 Å². The molecule has 1 aliphatic rings. The summed E-state index contributed by atoms with van der Waals surface area (Å²) in [5, 5.41) is 7.31. The average Bonchev–Trinajstić information content (AvgIpc) is 3.14. The molecule has 0 saturated heterocycles. The molecule has 4 heteroatoms. The van der Waals surface area contributed by atoms with E-state index >= 15 is 0 Å². The first-order chi connectivity index (χ1) is 10.3. The molecule has 0 unspecified atom stereocenters. The molecule has 4 rings (SSSR count). The fourth-order valence-corrected chi connectivity index (χ4v) is 2.77. The van der Waals surface area contributed by atoms with Crippen LogP contribution in [-0.2, 0) is 13.1 Å². The molecule has 4 nitrogen and oxygen atoms in total. The number of carbonyl (C=O) groups is 1. The number of anilines is 1. The monoisotopic (exact) mass is 277 g/mol. The van der Waals surface area contributed by atoms with E-state index in [-0.39, 0.29) is 5.91 Å². The molecule has 0 saturated carbocycles. The highest BCUT2D eigenvalue weighted by Gasteiger charge is 2.12. The molecule has 1 aliphatic heterocycles. The Morgan fingerprint density at radius 2 is 1.90 bits per heavy atom. The molecule has 0 bridgehead atoms. The van der Waals surface area contributed by atoms with Gasteiger partial charge >= 0.3 is 0 Å². The van der Waals surface area contributed by atoms with Gasteiger partial charge in [-0.2, -0.15) is 0 Å². The van der Waals surface area contributed by atoms with Crippen molar-refractivity contribution < 1.29 is 4.79 Å². The first-order valence-corrected chi connectivity index (χ1v) is 7.01. The fourth-order valence-electron chi connectivity index (χ4n) is 2.77. The zero-order valence-corrected chi connectivity index (χ0v) is 11.4. The van der Waals surface area contributed by atoms with E-state index in [0.717, 1.165) is 29.7 Å². The summed E-state index contributed by atoms with van der Waals surface area (Å²) in [6, 6.07) is 13.7. The Morgan fingerprint density at radius 3 is 2.86 bits per heavy atom. The smallest absolute Gasteiger partial charge is 0.255 e. The Kier molecular flexibility index (Phi) is 2.75. The lowest BCUT2D eigenvalue weighted by Gasteiger charge is -2.07. The van der Waals surface area contributed by atoms with Crippen molar-refractivity contribution in [1.29, 1.82) is 0 Å². The summed E-state index contributed by atoms with van der Waals surface area (Å²) in [7, 11) is 0. The van der Waals surface area contributed by atoms with Crippen molar-refractivity contribution >= 4 is 22.5 Å². The van der Waals surface area contributed by atoms with Crippen LogP contribution in [0, 0.1) is 0 Å². The van der Waals surface area contributed by atoms with Gasteiger partial charge in [-0.3, -0.25) is 4.79 Å². The van der Waals surface area contributed by atoms with E-state index in [1.54, 1.807) is 0 Å². The molecular weight excluding hydrogens is 262 g/mol. The summed E-state index contributed by atoms with van der Waals surface area (Å²) >= 11 is 0. The highest BCUT2D eigenvalue weighted by molar-refractivity contribution is 6.06. The van der Waals surface area contributed by atoms with Gasteiger partial charge in [0.2, 0.25) is 0 Å². The predicted octanol–water partition coefficient (Wildman–Crippen LogP) is 3.02. The summed E-state index contributed by atoms with van der Waals surface area (Å²) in [6.07, 6.45) is 1.87. The summed E-state index contributed by atoms with van der Waals surface area (Å²) in [5.41, 5.74) is 5.11. The highest BCUT2D eigenvalue weighted by Crippen LogP contribution is 2.21. The number of fused-ring (bicyclic) bond motifs is 2. The Bertz CT molecular complexity index is 835. The van der Waals surface area contributed by atoms with E-state index in [4.69, 9.17) is 0 Å². The molecule has 1 amide bonds. The van der Waals surface area contributed by atoms with Crippen molar-refractivity contribution in [1.82, 2.24) is 10.3 Å². The summed E-state index contributed by atoms with van der Waals surface area (Å²) in [6.45, 7) is 1.78. The zero-order valence-electron chi connectivity index (χ0n) is 11.4. The normalized spacial score (nSPS) is 13.3. The van der Waals surface area contributed by atoms with Crippen LogP contribution in [0.15, 0.2) is 48.7 Å². The minimum Gasteiger partial charge on any atom is -0.361 e. The number of benzene rings is 2. The van der Waals surface area contributed by atoms with E-state index in [0.29, 0.717) is 5.56 Å². The lowest BCUT2D eigenvalue weighted by Crippen LogP contribution is -2.11. The topological polar surface area (TPSA) is 56.9 Å². The van der Waals surface area contributed by atoms with Crippen LogP contribution in [0.3, 0.4) is 0 Å². The lowest BCUT2D eigenvalue weighted by atomic mass is 10.1. The third-order valence-electron chi connectivity index (χ3n) is 3.91. The van der Waals surface area contributed by atoms with Crippen LogP contribution in [-0.4, -0.2) is 10.9 Å². The van der Waals surface area contributed by atoms with Gasteiger partial charge in [-0.25, -0.2) is 0 Å². The van der Waals surface area contributed by atoms with E-state index in [2.05, 4.69) is 21.7 Å². The number of nitrogens with one attached hydrogen (secondary N) is 3. The fraction of sp³-hybridized carbons (Fsp3) is 0.118. The molecule has 0 aliphatic carbocycles. The Balaban J connectivity index is 1.60. The number of aromatic amines is 1. The van der Waals surface area contributed by atoms with Gasteiger partial charge in [0.1, 0.15) is 0 Å². The summed E-state index contributed by atoms with van der Waals surface area (Å²) in [4.78, 5) is 15.5. The maximum absolute atomic E-state index is 12.3. The molecule has 3 aromatic rings. The first-order valence-electron chi connectivity index (χ1n) is 7.01. The van der Waals surface area contributed by atoms with E-state index in [9.17, 15) is 4.79 Å². The van der Waals surface area contributed by atoms with Crippen LogP contribution < -0.4 is 10.6 Å². The maximum atomic E-state index is 12.3. The van der Waals surface area contributed by atoms with Gasteiger partial charge in [-0.15, -0.1) is 0 Å². The highest BCUT2D eigenvalue weighted by atomic mass is 16.1. The second kappa shape index (κ2) is 4.75. The number of aromatic nitrogens is 1. The molecule has 104 valence electrons. The van der Waals surface area contributed by atoms with Gasteiger partial charge in [0.15, 0.2) is 0 Å². The van der Waals surface area contributed by atoms with Crippen LogP contribution in [0.5, 0.6) is 0 Å². The Hall–Kier alpha value is -2.59. The van der Waals surface area contributed by atoms with Gasteiger partial charge in [0.05, 0.1) is 0 Å². The van der Waals surface area contributed by atoms with Crippen LogP contribution in [0.25, 0.3) is 10.9 Å². The molecule has 2 aromatic carbocycles. The summed E-state index contributed by atoms with van der Waals surface area (Å²) < 4.78 is 0. The Morgan fingerprint density at radius 1 is 1.00 bits per heavy atom. The van der Waals surface area contributed by atoms with Gasteiger partial charge in [-0.05, 0) is 47.5 Å². The van der Waals surface area contributed by atoms with Gasteiger partial charge in [-0.1, -0.05) is 6.07 Å². The molecule has 0 spiro atoms. The van der Waals surface area contributed by atoms with Crippen molar-refractivity contribution in [3.05, 3.63) is 65.4 Å². The number of hydrogen-bond acceptors (Lipinski definition) is 2. The minimum absolute atomic E-state index is 0.0796. The molecule has 1 aromatic heterocycles. The molecule has 0 atom stereocenters. The van der Waals surface area contributed by atoms with Gasteiger partial charge in [0.25, 0.3) is 5.91 Å². The van der Waals surface area contributed by atoms with Crippen molar-refractivity contribution in [2.75, 3.05) is 5.32 Å². The molecular formula is C17H15N3O. The van der Waals surface area contributed by atoms with Gasteiger partial charge in [0, 0.05) is 41.4 Å². The standard InChI is InChI=1S/C17H15N3O/c21-17(12-2-4-16-11(7-12)5-6-19-16)20-15-3-1-13-9-18-10-14(13)8-15/h1-8,18-19H,9-10H2,(H,20,21). The second-order valence-corrected chi connectivity index (χ2v) is 5.32. The maximum Gasteiger partial charge on any atom is 0.255 e. The first kappa shape index (κ1) is 12.2. The van der Waals surface area contributed by atoms with Crippen LogP contribution in [0.2, 0.25) is 0 Å². The molecule has 0 fully saturated rings. The summed E-state index contributed by atoms with van der Waals surface area (Å²) in [5.74, 6) is -0.0796. The van der Waals surface area contributed by atoms with E-state index < -0.39 is 0 Å². The SMILES string of the molecule is O=C(Nc1ccc2c(c1)CNC2)c1ccc2[nH]ccc2c1. The van der Waals surface area contributed by atoms with Crippen LogP contribution >= 0.6 is 0 Å². The lowest BCUT2D eigenvalue weighted by molar-refractivity contribution is 0.102. The third kappa shape index (κ3) is 2.19. The number of H-pyrrole nitrogens is 1. The predicted molar refractivity (Wildman–Crippen MR) is 83.2 cm³/mol. The van der Waals surface area contributed by atoms with Crippen molar-refractivity contribution in [2.45, 2.75) is 13.1 Å². The van der Waals surface area contributed by atoms with Crippen LogP contribution in [0.4, 0.5) is 5.69 Å². The number of carbonyl (C=O) groups excluding carboxylic acids is 1. The minimum atomic E-state index is -0.0796. The quantitative estimate of drug-likeness (QED) is 0.674. The molecule has 3 N–H and O–H groups in total. The zero-order chi connectivity index (χ0) is 14.2. The third-order valence-corrected chi connectivity index (χ3v) is 3.91. The van der Waals surface area contributed by atoms with Crippen molar-refractivity contribution in [2.24, 2.45) is 0 Å². The van der Waals surface area contributed by atoms with Crippen LogP contribution in [0.1, 0.15) is 21.5 Å². The van der Waals surface area contributed by atoms with E-state index in [1.807, 2.05) is 42.6 Å². The molecule has 0 radical (unpaired) electrons. The van der Waals surface area contributed by atoms with Gasteiger partial charge < -0.3 is 15.6 Å². The van der Waals surface area contributed by atoms with E-state index in [1.165, 1.54) is 11.1 Å². The number of rotatable bonds is 2. The number of hydrogen-bond donors (Lipinski definition) is 3. The molecule has 2 heterocycles. The molecule has 21 heavy (non-hydrogen) atoms.